The number of hydrogen-bond donors (Lipinski definition) is 0. The van der Waals surface area contributed by atoms with Crippen molar-refractivity contribution in [2.45, 2.75) is 250 Å². The van der Waals surface area contributed by atoms with Crippen molar-refractivity contribution in [1.29, 1.82) is 0 Å². The van der Waals surface area contributed by atoms with Gasteiger partial charge in [-0.1, -0.05) is 259 Å². The molecule has 12 nitrogen and oxygen atoms in total. The van der Waals surface area contributed by atoms with E-state index in [-0.39, 0.29) is 81.4 Å². The van der Waals surface area contributed by atoms with Gasteiger partial charge in [-0.15, -0.1) is 0 Å². The van der Waals surface area contributed by atoms with Crippen molar-refractivity contribution in [3.05, 3.63) is 108 Å². The number of hydrogen-bond acceptors (Lipinski definition) is 12. The monoisotopic (exact) mass is 1090 g/mol. The Kier molecular flexibility index (Phi) is 38.4. The SMILES string of the molecule is CCCCCCCCCCCCCCCC(=O)OCC(CO[C@H]1O[C@H](CS(=O)(=O)[O-])[C@@H](OCc2ccccc2)[C@H](OCc2ccccc2)[C@H]1OCc1ccccc1)OC(=O)CCCCCCCCCCCCCCC.[Na+]. The number of rotatable bonds is 45. The molecule has 0 N–H and O–H groups in total. The Balaban J connectivity index is 0.0000152. The molecule has 1 aliphatic rings. The van der Waals surface area contributed by atoms with Gasteiger partial charge in [0.25, 0.3) is 0 Å². The third-order valence-corrected chi connectivity index (χ3v) is 14.7. The fraction of sp³-hybridized carbons (Fsp3) is 0.677. The number of ether oxygens (including phenoxy) is 7. The van der Waals surface area contributed by atoms with E-state index in [1.165, 1.54) is 116 Å². The van der Waals surface area contributed by atoms with Gasteiger partial charge in [-0.3, -0.25) is 9.59 Å². The topological polar surface area (TPSA) is 156 Å². The minimum absolute atomic E-state index is 0. The quantitative estimate of drug-likeness (QED) is 0.0229. The van der Waals surface area contributed by atoms with Crippen LogP contribution < -0.4 is 29.6 Å². The zero-order chi connectivity index (χ0) is 53.4. The Labute approximate surface area is 481 Å². The number of carbonyl (C=O) groups excluding carboxylic acids is 2. The molecule has 0 aromatic heterocycles. The maximum absolute atomic E-state index is 13.5. The summed E-state index contributed by atoms with van der Waals surface area (Å²) >= 11 is 0. The minimum atomic E-state index is -4.87. The standard InChI is InChI=1S/C62H96O12S.Na/c1-3-5-7-9-11-13-15-17-19-21-23-25-36-44-57(63)68-49-55(73-58(64)45-37-26-24-22-20-18-16-14-12-10-8-6-4-2)50-72-62-61(71-48-54-42-34-29-35-43-54)60(70-47-53-40-32-28-33-41-53)59(56(74-62)51-75(65,66)67)69-46-52-38-30-27-31-39-52;/h27-35,38-43,55-56,59-62H,3-26,36-37,44-51H2,1-2H3,(H,65,66,67);/q;+1/p-1/t55?,56-,59-,60+,61-,62+;/m1./s1. The van der Waals surface area contributed by atoms with Crippen molar-refractivity contribution < 1.29 is 85.3 Å². The molecule has 4 rings (SSSR count). The second-order valence-corrected chi connectivity index (χ2v) is 22.1. The van der Waals surface area contributed by atoms with Crippen molar-refractivity contribution in [3.63, 3.8) is 0 Å². The number of benzene rings is 3. The van der Waals surface area contributed by atoms with Crippen LogP contribution in [0, 0.1) is 0 Å². The molecule has 14 heteroatoms. The average Bonchev–Trinajstić information content (AvgIpc) is 3.42. The zero-order valence-corrected chi connectivity index (χ0v) is 49.8. The third-order valence-electron chi connectivity index (χ3n) is 14.0. The van der Waals surface area contributed by atoms with Crippen LogP contribution in [-0.2, 0) is 72.7 Å². The first kappa shape index (κ1) is 67.6. The Morgan fingerprint density at radius 2 is 0.829 bits per heavy atom. The van der Waals surface area contributed by atoms with Crippen molar-refractivity contribution in [2.75, 3.05) is 19.0 Å². The Hall–Kier alpha value is -2.69. The number of unbranched alkanes of at least 4 members (excludes halogenated alkanes) is 24. The van der Waals surface area contributed by atoms with E-state index in [0.717, 1.165) is 55.2 Å². The van der Waals surface area contributed by atoms with Gasteiger partial charge in [0.1, 0.15) is 31.0 Å². The molecular formula is C62H95NaO12S. The van der Waals surface area contributed by atoms with Gasteiger partial charge >= 0.3 is 41.5 Å². The van der Waals surface area contributed by atoms with Gasteiger partial charge in [-0.2, -0.15) is 0 Å². The molecule has 3 aromatic carbocycles. The molecule has 1 fully saturated rings. The van der Waals surface area contributed by atoms with Gasteiger partial charge in [0.05, 0.1) is 42.3 Å². The van der Waals surface area contributed by atoms with Crippen LogP contribution in [0.3, 0.4) is 0 Å². The van der Waals surface area contributed by atoms with Crippen LogP contribution in [0.4, 0.5) is 0 Å². The van der Waals surface area contributed by atoms with Gasteiger partial charge in [0.15, 0.2) is 12.4 Å². The first-order valence-corrected chi connectivity index (χ1v) is 30.7. The van der Waals surface area contributed by atoms with Crippen molar-refractivity contribution >= 4 is 22.1 Å². The second kappa shape index (κ2) is 43.2. The number of esters is 2. The van der Waals surface area contributed by atoms with Crippen molar-refractivity contribution in [3.8, 4) is 0 Å². The number of carbonyl (C=O) groups is 2. The van der Waals surface area contributed by atoms with E-state index < -0.39 is 58.7 Å². The predicted molar refractivity (Wildman–Crippen MR) is 296 cm³/mol. The Morgan fingerprint density at radius 1 is 0.474 bits per heavy atom. The summed E-state index contributed by atoms with van der Waals surface area (Å²) in [6, 6.07) is 28.4. The molecule has 3 aromatic rings. The molecule has 1 heterocycles. The third kappa shape index (κ3) is 31.8. The molecule has 0 aliphatic carbocycles. The molecule has 6 atom stereocenters. The smallest absolute Gasteiger partial charge is 0.748 e. The largest absolute Gasteiger partial charge is 1.00 e. The summed E-state index contributed by atoms with van der Waals surface area (Å²) in [5.41, 5.74) is 2.50. The van der Waals surface area contributed by atoms with E-state index in [1.54, 1.807) is 0 Å². The van der Waals surface area contributed by atoms with E-state index in [0.29, 0.717) is 12.8 Å². The molecule has 0 radical (unpaired) electrons. The van der Waals surface area contributed by atoms with E-state index in [4.69, 9.17) is 33.2 Å². The summed E-state index contributed by atoms with van der Waals surface area (Å²) in [7, 11) is -4.87. The average molecular weight is 1090 g/mol. The van der Waals surface area contributed by atoms with Crippen LogP contribution in [-0.4, -0.2) is 80.7 Å². The molecule has 1 saturated heterocycles. The van der Waals surface area contributed by atoms with E-state index in [9.17, 15) is 22.6 Å². The fourth-order valence-electron chi connectivity index (χ4n) is 9.61. The molecule has 0 amide bonds. The predicted octanol–water partition coefficient (Wildman–Crippen LogP) is 11.5. The molecule has 0 saturated carbocycles. The Morgan fingerprint density at radius 3 is 1.22 bits per heavy atom. The first-order chi connectivity index (χ1) is 36.6. The van der Waals surface area contributed by atoms with Crippen LogP contribution in [0.5, 0.6) is 0 Å². The first-order valence-electron chi connectivity index (χ1n) is 29.2. The van der Waals surface area contributed by atoms with Crippen LogP contribution in [0.25, 0.3) is 0 Å². The normalized spacial score (nSPS) is 18.0. The molecule has 0 spiro atoms. The van der Waals surface area contributed by atoms with Gasteiger partial charge in [-0.05, 0) is 29.5 Å². The fourth-order valence-corrected chi connectivity index (χ4v) is 10.3. The van der Waals surface area contributed by atoms with Gasteiger partial charge in [0.2, 0.25) is 0 Å². The van der Waals surface area contributed by atoms with Gasteiger partial charge in [-0.25, -0.2) is 8.42 Å². The van der Waals surface area contributed by atoms with Crippen LogP contribution in [0.2, 0.25) is 0 Å². The molecule has 422 valence electrons. The summed E-state index contributed by atoms with van der Waals surface area (Å²) < 4.78 is 82.1. The van der Waals surface area contributed by atoms with Crippen LogP contribution in [0.1, 0.15) is 210 Å². The van der Waals surface area contributed by atoms with Crippen LogP contribution in [0.15, 0.2) is 91.0 Å². The summed E-state index contributed by atoms with van der Waals surface area (Å²) in [6.07, 6.45) is 24.5. The van der Waals surface area contributed by atoms with E-state index >= 15 is 0 Å². The van der Waals surface area contributed by atoms with Crippen molar-refractivity contribution in [1.82, 2.24) is 0 Å². The zero-order valence-electron chi connectivity index (χ0n) is 47.0. The van der Waals surface area contributed by atoms with Crippen LogP contribution >= 0.6 is 0 Å². The molecule has 76 heavy (non-hydrogen) atoms. The summed E-state index contributed by atoms with van der Waals surface area (Å²) in [5, 5.41) is 0. The Bertz CT molecular complexity index is 1980. The molecule has 1 unspecified atom stereocenters. The van der Waals surface area contributed by atoms with Gasteiger partial charge in [0, 0.05) is 12.8 Å². The molecule has 0 bridgehead atoms. The minimum Gasteiger partial charge on any atom is -0.748 e. The second-order valence-electron chi connectivity index (χ2n) is 20.7. The maximum Gasteiger partial charge on any atom is 1.00 e. The maximum atomic E-state index is 13.5. The summed E-state index contributed by atoms with van der Waals surface area (Å²) in [5.74, 6) is -1.76. The van der Waals surface area contributed by atoms with Crippen molar-refractivity contribution in [2.24, 2.45) is 0 Å². The van der Waals surface area contributed by atoms with E-state index in [1.807, 2.05) is 91.0 Å². The summed E-state index contributed by atoms with van der Waals surface area (Å²) in [6.45, 7) is 4.22. The van der Waals surface area contributed by atoms with E-state index in [2.05, 4.69) is 13.8 Å². The molecule has 1 aliphatic heterocycles. The molecular weight excluding hydrogens is 992 g/mol. The van der Waals surface area contributed by atoms with Gasteiger partial charge < -0.3 is 37.7 Å². The summed E-state index contributed by atoms with van der Waals surface area (Å²) in [4.78, 5) is 26.6.